The van der Waals surface area contributed by atoms with Crippen LogP contribution in [0.4, 0.5) is 18.3 Å². The van der Waals surface area contributed by atoms with Gasteiger partial charge in [0.15, 0.2) is 0 Å². The first-order valence-electron chi connectivity index (χ1n) is 6.04. The van der Waals surface area contributed by atoms with Crippen molar-refractivity contribution < 1.29 is 17.9 Å². The van der Waals surface area contributed by atoms with Crippen molar-refractivity contribution in [3.05, 3.63) is 5.82 Å². The van der Waals surface area contributed by atoms with Gasteiger partial charge in [0.1, 0.15) is 0 Å². The van der Waals surface area contributed by atoms with E-state index in [4.69, 9.17) is 4.74 Å². The Morgan fingerprint density at radius 1 is 1.47 bits per heavy atom. The fourth-order valence-corrected chi connectivity index (χ4v) is 2.80. The van der Waals surface area contributed by atoms with Crippen molar-refractivity contribution >= 4 is 16.7 Å². The van der Waals surface area contributed by atoms with E-state index in [2.05, 4.69) is 14.7 Å². The van der Waals surface area contributed by atoms with E-state index in [0.29, 0.717) is 6.61 Å². The van der Waals surface area contributed by atoms with Gasteiger partial charge in [0, 0.05) is 29.6 Å². The molecule has 2 rings (SSSR count). The van der Waals surface area contributed by atoms with Crippen LogP contribution in [0.5, 0.6) is 0 Å². The van der Waals surface area contributed by atoms with Crippen LogP contribution < -0.4 is 5.32 Å². The molecule has 2 unspecified atom stereocenters. The summed E-state index contributed by atoms with van der Waals surface area (Å²) in [6, 6.07) is 0.0538. The van der Waals surface area contributed by atoms with Gasteiger partial charge in [0.2, 0.25) is 11.0 Å². The maximum Gasteiger partial charge on any atom is 0.452 e. The SMILES string of the molecule is CCOC1CC(Nc2nc(C(F)(F)F)ns2)C1(C)C. The van der Waals surface area contributed by atoms with Crippen LogP contribution in [-0.2, 0) is 10.9 Å². The summed E-state index contributed by atoms with van der Waals surface area (Å²) >= 11 is 0.736. The Hall–Kier alpha value is -0.890. The topological polar surface area (TPSA) is 47.0 Å². The normalized spacial score (nSPS) is 26.0. The number of hydrogen-bond donors (Lipinski definition) is 1. The van der Waals surface area contributed by atoms with E-state index < -0.39 is 12.0 Å². The van der Waals surface area contributed by atoms with E-state index in [0.717, 1.165) is 18.0 Å². The van der Waals surface area contributed by atoms with Crippen LogP contribution in [0.1, 0.15) is 33.0 Å². The third-order valence-corrected chi connectivity index (χ3v) is 4.17. The Morgan fingerprint density at radius 3 is 2.63 bits per heavy atom. The van der Waals surface area contributed by atoms with Crippen LogP contribution >= 0.6 is 11.5 Å². The predicted molar refractivity (Wildman–Crippen MR) is 66.1 cm³/mol. The number of aromatic nitrogens is 2. The fraction of sp³-hybridized carbons (Fsp3) is 0.818. The smallest absolute Gasteiger partial charge is 0.378 e. The molecular formula is C11H16F3N3OS. The molecule has 1 saturated carbocycles. The number of nitrogens with one attached hydrogen (secondary N) is 1. The highest BCUT2D eigenvalue weighted by Crippen LogP contribution is 2.44. The zero-order chi connectivity index (χ0) is 14.3. The first-order valence-corrected chi connectivity index (χ1v) is 6.81. The van der Waals surface area contributed by atoms with Crippen LogP contribution in [-0.4, -0.2) is 28.1 Å². The van der Waals surface area contributed by atoms with Crippen LogP contribution in [0, 0.1) is 5.41 Å². The van der Waals surface area contributed by atoms with Gasteiger partial charge in [-0.15, -0.1) is 0 Å². The fourth-order valence-electron chi connectivity index (χ4n) is 2.16. The quantitative estimate of drug-likeness (QED) is 0.927. The summed E-state index contributed by atoms with van der Waals surface area (Å²) in [7, 11) is 0. The van der Waals surface area contributed by atoms with Crippen molar-refractivity contribution in [2.75, 3.05) is 11.9 Å². The first kappa shape index (κ1) is 14.5. The van der Waals surface area contributed by atoms with Crippen molar-refractivity contribution in [3.8, 4) is 0 Å². The molecule has 0 spiro atoms. The highest BCUT2D eigenvalue weighted by atomic mass is 32.1. The molecule has 4 nitrogen and oxygen atoms in total. The van der Waals surface area contributed by atoms with Gasteiger partial charge in [0.25, 0.3) is 0 Å². The molecule has 108 valence electrons. The molecule has 0 radical (unpaired) electrons. The number of hydrogen-bond acceptors (Lipinski definition) is 5. The molecule has 1 aromatic rings. The highest BCUT2D eigenvalue weighted by molar-refractivity contribution is 7.09. The van der Waals surface area contributed by atoms with Crippen LogP contribution in [0.2, 0.25) is 0 Å². The van der Waals surface area contributed by atoms with E-state index in [9.17, 15) is 13.2 Å². The zero-order valence-electron chi connectivity index (χ0n) is 10.9. The largest absolute Gasteiger partial charge is 0.452 e. The van der Waals surface area contributed by atoms with Gasteiger partial charge in [-0.2, -0.15) is 22.5 Å². The molecule has 0 amide bonds. The Bertz CT molecular complexity index is 447. The average molecular weight is 295 g/mol. The number of ether oxygens (including phenoxy) is 1. The van der Waals surface area contributed by atoms with Crippen molar-refractivity contribution in [1.82, 2.24) is 9.36 Å². The summed E-state index contributed by atoms with van der Waals surface area (Å²) in [4.78, 5) is 3.47. The monoisotopic (exact) mass is 295 g/mol. The molecule has 8 heteroatoms. The van der Waals surface area contributed by atoms with E-state index in [1.807, 2.05) is 20.8 Å². The third kappa shape index (κ3) is 2.84. The lowest BCUT2D eigenvalue weighted by Crippen LogP contribution is -2.58. The minimum absolute atomic E-state index is 0.0538. The standard InChI is InChI=1S/C11H16F3N3OS/c1-4-18-7-5-6(10(7,2)3)15-9-16-8(17-19-9)11(12,13)14/h6-7H,4-5H2,1-3H3,(H,15,16,17). The predicted octanol–water partition coefficient (Wildman–Crippen LogP) is 3.17. The lowest BCUT2D eigenvalue weighted by Gasteiger charge is -2.51. The molecule has 1 N–H and O–H groups in total. The Kier molecular flexibility index (Phi) is 3.74. The van der Waals surface area contributed by atoms with Gasteiger partial charge in [-0.1, -0.05) is 13.8 Å². The van der Waals surface area contributed by atoms with Gasteiger partial charge in [-0.25, -0.2) is 0 Å². The van der Waals surface area contributed by atoms with Crippen molar-refractivity contribution in [1.29, 1.82) is 0 Å². The molecular weight excluding hydrogens is 279 g/mol. The molecule has 1 aliphatic carbocycles. The van der Waals surface area contributed by atoms with E-state index in [1.54, 1.807) is 0 Å². The number of alkyl halides is 3. The molecule has 19 heavy (non-hydrogen) atoms. The molecule has 1 aromatic heterocycles. The highest BCUT2D eigenvalue weighted by Gasteiger charge is 2.49. The lowest BCUT2D eigenvalue weighted by atomic mass is 9.64. The number of anilines is 1. The lowest BCUT2D eigenvalue weighted by molar-refractivity contribution is -0.144. The van der Waals surface area contributed by atoms with E-state index >= 15 is 0 Å². The van der Waals surface area contributed by atoms with Crippen LogP contribution in [0.3, 0.4) is 0 Å². The minimum atomic E-state index is -4.49. The number of rotatable bonds is 4. The molecule has 1 fully saturated rings. The molecule has 0 saturated heterocycles. The molecule has 0 bridgehead atoms. The first-order chi connectivity index (χ1) is 8.75. The molecule has 1 heterocycles. The molecule has 2 atom stereocenters. The number of halogens is 3. The maximum atomic E-state index is 12.4. The second-order valence-corrected chi connectivity index (χ2v) is 5.87. The summed E-state index contributed by atoms with van der Waals surface area (Å²) in [6.07, 6.45) is -3.59. The second kappa shape index (κ2) is 4.90. The van der Waals surface area contributed by atoms with Gasteiger partial charge in [0.05, 0.1) is 6.10 Å². The van der Waals surface area contributed by atoms with Crippen LogP contribution in [0.25, 0.3) is 0 Å². The Morgan fingerprint density at radius 2 is 2.16 bits per heavy atom. The summed E-state index contributed by atoms with van der Waals surface area (Å²) in [5.41, 5.74) is -0.125. The van der Waals surface area contributed by atoms with Crippen molar-refractivity contribution in [3.63, 3.8) is 0 Å². The second-order valence-electron chi connectivity index (χ2n) is 5.12. The summed E-state index contributed by atoms with van der Waals surface area (Å²) in [5, 5.41) is 3.22. The molecule has 0 aliphatic heterocycles. The molecule has 0 aromatic carbocycles. The van der Waals surface area contributed by atoms with Crippen LogP contribution in [0.15, 0.2) is 0 Å². The summed E-state index contributed by atoms with van der Waals surface area (Å²) in [5.74, 6) is -1.08. The van der Waals surface area contributed by atoms with Crippen molar-refractivity contribution in [2.45, 2.75) is 45.5 Å². The van der Waals surface area contributed by atoms with E-state index in [-0.39, 0.29) is 22.7 Å². The van der Waals surface area contributed by atoms with Gasteiger partial charge in [-0.05, 0) is 13.3 Å². The summed E-state index contributed by atoms with van der Waals surface area (Å²) in [6.45, 7) is 6.62. The molecule has 1 aliphatic rings. The maximum absolute atomic E-state index is 12.4. The third-order valence-electron chi connectivity index (χ3n) is 3.52. The van der Waals surface area contributed by atoms with E-state index in [1.165, 1.54) is 0 Å². The van der Waals surface area contributed by atoms with Gasteiger partial charge in [-0.3, -0.25) is 0 Å². The van der Waals surface area contributed by atoms with Crippen molar-refractivity contribution in [2.24, 2.45) is 5.41 Å². The zero-order valence-corrected chi connectivity index (χ0v) is 11.7. The van der Waals surface area contributed by atoms with Gasteiger partial charge < -0.3 is 10.1 Å². The van der Waals surface area contributed by atoms with Gasteiger partial charge >= 0.3 is 6.18 Å². The number of nitrogens with zero attached hydrogens (tertiary/aromatic N) is 2. The Balaban J connectivity index is 1.98. The average Bonchev–Trinajstić information content (AvgIpc) is 2.76. The summed E-state index contributed by atoms with van der Waals surface area (Å²) < 4.78 is 46.0. The Labute approximate surface area is 113 Å². The minimum Gasteiger partial charge on any atom is -0.378 e.